The highest BCUT2D eigenvalue weighted by atomic mass is 79.9. The van der Waals surface area contributed by atoms with E-state index in [2.05, 4.69) is 31.9 Å². The lowest BCUT2D eigenvalue weighted by atomic mass is 10.1. The SMILES string of the molecule is CC1COC(CBr)CN1C(=O)c1ccc(Br)c(O)c1. The molecule has 19 heavy (non-hydrogen) atoms. The predicted octanol–water partition coefficient (Wildman–Crippen LogP) is 2.78. The van der Waals surface area contributed by atoms with Crippen LogP contribution in [0.5, 0.6) is 5.75 Å². The molecule has 6 heteroatoms. The Morgan fingerprint density at radius 1 is 1.58 bits per heavy atom. The maximum absolute atomic E-state index is 12.5. The van der Waals surface area contributed by atoms with E-state index in [4.69, 9.17) is 4.74 Å². The van der Waals surface area contributed by atoms with Gasteiger partial charge in [0, 0.05) is 17.4 Å². The molecule has 0 spiro atoms. The zero-order valence-corrected chi connectivity index (χ0v) is 13.6. The van der Waals surface area contributed by atoms with Crippen molar-refractivity contribution in [3.8, 4) is 5.75 Å². The zero-order valence-electron chi connectivity index (χ0n) is 10.5. The summed E-state index contributed by atoms with van der Waals surface area (Å²) >= 11 is 6.58. The van der Waals surface area contributed by atoms with Crippen molar-refractivity contribution in [1.29, 1.82) is 0 Å². The third kappa shape index (κ3) is 3.30. The molecule has 4 nitrogen and oxygen atoms in total. The number of phenolic OH excluding ortho intramolecular Hbond substituents is 1. The van der Waals surface area contributed by atoms with Crippen LogP contribution in [-0.4, -0.2) is 46.5 Å². The van der Waals surface area contributed by atoms with Crippen LogP contribution in [-0.2, 0) is 4.74 Å². The van der Waals surface area contributed by atoms with E-state index in [1.54, 1.807) is 17.0 Å². The molecule has 0 radical (unpaired) electrons. The van der Waals surface area contributed by atoms with E-state index in [0.717, 1.165) is 0 Å². The van der Waals surface area contributed by atoms with Gasteiger partial charge in [0.15, 0.2) is 0 Å². The molecule has 1 saturated heterocycles. The van der Waals surface area contributed by atoms with Crippen LogP contribution in [0.15, 0.2) is 22.7 Å². The second-order valence-corrected chi connectivity index (χ2v) is 6.08. The number of hydrogen-bond acceptors (Lipinski definition) is 3. The quantitative estimate of drug-likeness (QED) is 0.787. The largest absolute Gasteiger partial charge is 0.507 e. The molecule has 0 aliphatic carbocycles. The summed E-state index contributed by atoms with van der Waals surface area (Å²) in [5, 5.41) is 10.4. The highest BCUT2D eigenvalue weighted by Gasteiger charge is 2.29. The van der Waals surface area contributed by atoms with Crippen molar-refractivity contribution in [1.82, 2.24) is 4.90 Å². The average Bonchev–Trinajstić information content (AvgIpc) is 2.41. The highest BCUT2D eigenvalue weighted by Crippen LogP contribution is 2.26. The molecule has 104 valence electrons. The highest BCUT2D eigenvalue weighted by molar-refractivity contribution is 9.10. The van der Waals surface area contributed by atoms with Gasteiger partial charge in [-0.1, -0.05) is 15.9 Å². The molecule has 1 heterocycles. The van der Waals surface area contributed by atoms with E-state index >= 15 is 0 Å². The Balaban J connectivity index is 2.19. The van der Waals surface area contributed by atoms with Gasteiger partial charge >= 0.3 is 0 Å². The number of carbonyl (C=O) groups is 1. The normalized spacial score (nSPS) is 23.4. The van der Waals surface area contributed by atoms with Crippen molar-refractivity contribution >= 4 is 37.8 Å². The van der Waals surface area contributed by atoms with Gasteiger partial charge in [0.1, 0.15) is 5.75 Å². The average molecular weight is 393 g/mol. The number of halogens is 2. The third-order valence-corrected chi connectivity index (χ3v) is 4.52. The van der Waals surface area contributed by atoms with Gasteiger partial charge in [0.2, 0.25) is 0 Å². The fraction of sp³-hybridized carbons (Fsp3) is 0.462. The molecule has 2 atom stereocenters. The summed E-state index contributed by atoms with van der Waals surface area (Å²) in [4.78, 5) is 14.3. The molecule has 1 aliphatic rings. The fourth-order valence-corrected chi connectivity index (χ4v) is 2.64. The number of nitrogens with zero attached hydrogens (tertiary/aromatic N) is 1. The van der Waals surface area contributed by atoms with Gasteiger partial charge in [0.25, 0.3) is 5.91 Å². The standard InChI is InChI=1S/C13H15Br2NO3/c1-8-7-19-10(5-14)6-16(8)13(18)9-2-3-11(15)12(17)4-9/h2-4,8,10,17H,5-7H2,1H3. The summed E-state index contributed by atoms with van der Waals surface area (Å²) < 4.78 is 6.18. The molecule has 1 N–H and O–H groups in total. The minimum absolute atomic E-state index is 0.0178. The fourth-order valence-electron chi connectivity index (χ4n) is 2.01. The van der Waals surface area contributed by atoms with Crippen LogP contribution < -0.4 is 0 Å². The summed E-state index contributed by atoms with van der Waals surface area (Å²) in [6.45, 7) is 3.05. The summed E-state index contributed by atoms with van der Waals surface area (Å²) in [6, 6.07) is 4.90. The van der Waals surface area contributed by atoms with Gasteiger partial charge in [-0.2, -0.15) is 0 Å². The lowest BCUT2D eigenvalue weighted by Gasteiger charge is -2.37. The van der Waals surface area contributed by atoms with E-state index < -0.39 is 0 Å². The van der Waals surface area contributed by atoms with Crippen LogP contribution in [0.2, 0.25) is 0 Å². The van der Waals surface area contributed by atoms with Gasteiger partial charge in [0.05, 0.1) is 23.2 Å². The van der Waals surface area contributed by atoms with Crippen LogP contribution in [0.25, 0.3) is 0 Å². The Labute approximate surface area is 129 Å². The minimum Gasteiger partial charge on any atom is -0.507 e. The first-order valence-electron chi connectivity index (χ1n) is 6.00. The molecular weight excluding hydrogens is 378 g/mol. The Bertz CT molecular complexity index is 481. The number of carbonyl (C=O) groups excluding carboxylic acids is 1. The molecule has 0 bridgehead atoms. The molecule has 1 aromatic carbocycles. The molecular formula is C13H15Br2NO3. The summed E-state index contributed by atoms with van der Waals surface area (Å²) in [7, 11) is 0. The summed E-state index contributed by atoms with van der Waals surface area (Å²) in [6.07, 6.45) is 0.0178. The van der Waals surface area contributed by atoms with Crippen LogP contribution >= 0.6 is 31.9 Å². The zero-order chi connectivity index (χ0) is 14.0. The number of amides is 1. The number of phenols is 1. The van der Waals surface area contributed by atoms with Gasteiger partial charge in [-0.3, -0.25) is 4.79 Å². The number of ether oxygens (including phenoxy) is 1. The topological polar surface area (TPSA) is 49.8 Å². The lowest BCUT2D eigenvalue weighted by Crippen LogP contribution is -2.51. The van der Waals surface area contributed by atoms with E-state index in [1.165, 1.54) is 6.07 Å². The van der Waals surface area contributed by atoms with Crippen molar-refractivity contribution in [2.45, 2.75) is 19.1 Å². The van der Waals surface area contributed by atoms with Crippen LogP contribution in [0.4, 0.5) is 0 Å². The summed E-state index contributed by atoms with van der Waals surface area (Å²) in [5.41, 5.74) is 0.489. The Hall–Kier alpha value is -0.590. The first-order chi connectivity index (χ1) is 9.02. The Morgan fingerprint density at radius 2 is 2.32 bits per heavy atom. The van der Waals surface area contributed by atoms with Crippen molar-refractivity contribution < 1.29 is 14.6 Å². The molecule has 2 unspecified atom stereocenters. The maximum Gasteiger partial charge on any atom is 0.254 e. The Kier molecular flexibility index (Phi) is 4.86. The molecule has 1 aliphatic heterocycles. The Morgan fingerprint density at radius 3 is 2.95 bits per heavy atom. The monoisotopic (exact) mass is 391 g/mol. The first kappa shape index (κ1) is 14.8. The molecule has 1 amide bonds. The third-order valence-electron chi connectivity index (χ3n) is 3.13. The van der Waals surface area contributed by atoms with E-state index in [0.29, 0.717) is 28.5 Å². The molecule has 1 fully saturated rings. The number of aromatic hydroxyl groups is 1. The number of morpholine rings is 1. The molecule has 0 aromatic heterocycles. The van der Waals surface area contributed by atoms with Crippen LogP contribution in [0.3, 0.4) is 0 Å². The first-order valence-corrected chi connectivity index (χ1v) is 7.91. The van der Waals surface area contributed by atoms with Gasteiger partial charge in [-0.25, -0.2) is 0 Å². The lowest BCUT2D eigenvalue weighted by molar-refractivity contribution is -0.0361. The maximum atomic E-state index is 12.5. The smallest absolute Gasteiger partial charge is 0.254 e. The van der Waals surface area contributed by atoms with E-state index in [1.807, 2.05) is 6.92 Å². The molecule has 0 saturated carbocycles. The van der Waals surface area contributed by atoms with Crippen molar-refractivity contribution in [2.75, 3.05) is 18.5 Å². The number of hydrogen-bond donors (Lipinski definition) is 1. The van der Waals surface area contributed by atoms with E-state index in [9.17, 15) is 9.90 Å². The predicted molar refractivity (Wildman–Crippen MR) is 79.8 cm³/mol. The van der Waals surface area contributed by atoms with E-state index in [-0.39, 0.29) is 23.8 Å². The van der Waals surface area contributed by atoms with Gasteiger partial charge in [-0.05, 0) is 41.1 Å². The van der Waals surface area contributed by atoms with Crippen molar-refractivity contribution in [3.63, 3.8) is 0 Å². The van der Waals surface area contributed by atoms with Crippen molar-refractivity contribution in [3.05, 3.63) is 28.2 Å². The van der Waals surface area contributed by atoms with Crippen LogP contribution in [0.1, 0.15) is 17.3 Å². The number of benzene rings is 1. The number of rotatable bonds is 2. The minimum atomic E-state index is -0.0791. The van der Waals surface area contributed by atoms with Crippen LogP contribution in [0, 0.1) is 0 Å². The molecule has 1 aromatic rings. The summed E-state index contributed by atoms with van der Waals surface area (Å²) in [5.74, 6) is -0.00615. The second-order valence-electron chi connectivity index (χ2n) is 4.58. The van der Waals surface area contributed by atoms with Gasteiger partial charge in [-0.15, -0.1) is 0 Å². The molecule has 2 rings (SSSR count). The van der Waals surface area contributed by atoms with Crippen molar-refractivity contribution in [2.24, 2.45) is 0 Å². The van der Waals surface area contributed by atoms with Gasteiger partial charge < -0.3 is 14.7 Å². The number of alkyl halides is 1. The second kappa shape index (κ2) is 6.24.